The van der Waals surface area contributed by atoms with Crippen LogP contribution in [0.2, 0.25) is 5.02 Å². The lowest BCUT2D eigenvalue weighted by Crippen LogP contribution is -2.22. The Morgan fingerprint density at radius 3 is 2.39 bits per heavy atom. The summed E-state index contributed by atoms with van der Waals surface area (Å²) in [5.41, 5.74) is 0.327. The van der Waals surface area contributed by atoms with Crippen LogP contribution in [0.3, 0.4) is 0 Å². The monoisotopic (exact) mass is 267 g/mol. The number of carbonyl (C=O) groups excluding carboxylic acids is 1. The van der Waals surface area contributed by atoms with Crippen molar-refractivity contribution in [3.63, 3.8) is 0 Å². The molecule has 0 aromatic heterocycles. The maximum Gasteiger partial charge on any atom is 0.133 e. The van der Waals surface area contributed by atoms with Gasteiger partial charge in [0, 0.05) is 17.2 Å². The lowest BCUT2D eigenvalue weighted by atomic mass is 10.0. The average molecular weight is 268 g/mol. The quantitative estimate of drug-likeness (QED) is 0.839. The Morgan fingerprint density at radius 1 is 1.11 bits per heavy atom. The number of carbonyl (C=O) groups is 1. The van der Waals surface area contributed by atoms with Gasteiger partial charge in [0.25, 0.3) is 0 Å². The van der Waals surface area contributed by atoms with Crippen LogP contribution in [0.25, 0.3) is 11.1 Å². The second-order valence-corrected chi connectivity index (χ2v) is 4.01. The Hall–Kier alpha value is -1.94. The summed E-state index contributed by atoms with van der Waals surface area (Å²) in [4.78, 5) is 10.7. The number of hydrogen-bond acceptors (Lipinski definition) is 2. The molecule has 0 heterocycles. The fourth-order valence-electron chi connectivity index (χ4n) is 1.57. The number of halogens is 3. The first-order valence-electron chi connectivity index (χ1n) is 4.95. The first-order chi connectivity index (χ1) is 8.49. The molecule has 2 nitrogen and oxygen atoms in total. The largest absolute Gasteiger partial charge is 0.545 e. The Bertz CT molecular complexity index is 626. The number of carboxylic acid groups (broad SMARTS) is 1. The van der Waals surface area contributed by atoms with Crippen molar-refractivity contribution in [3.05, 3.63) is 58.6 Å². The SMILES string of the molecule is O=C([O-])c1ccc(-c2ccc(F)cc2F)cc1Cl. The van der Waals surface area contributed by atoms with Crippen LogP contribution in [0.4, 0.5) is 8.78 Å². The van der Waals surface area contributed by atoms with Crippen LogP contribution in [-0.2, 0) is 0 Å². The second kappa shape index (κ2) is 4.74. The smallest absolute Gasteiger partial charge is 0.133 e. The topological polar surface area (TPSA) is 40.1 Å². The van der Waals surface area contributed by atoms with Gasteiger partial charge in [-0.2, -0.15) is 0 Å². The van der Waals surface area contributed by atoms with Gasteiger partial charge < -0.3 is 9.90 Å². The van der Waals surface area contributed by atoms with Gasteiger partial charge in [-0.05, 0) is 23.8 Å². The van der Waals surface area contributed by atoms with Gasteiger partial charge in [-0.25, -0.2) is 8.78 Å². The van der Waals surface area contributed by atoms with Crippen molar-refractivity contribution >= 4 is 17.6 Å². The van der Waals surface area contributed by atoms with Crippen molar-refractivity contribution in [1.82, 2.24) is 0 Å². The number of hydrogen-bond donors (Lipinski definition) is 0. The van der Waals surface area contributed by atoms with E-state index in [-0.39, 0.29) is 16.1 Å². The van der Waals surface area contributed by atoms with Crippen LogP contribution in [-0.4, -0.2) is 5.97 Å². The third-order valence-electron chi connectivity index (χ3n) is 2.43. The molecular weight excluding hydrogens is 262 g/mol. The van der Waals surface area contributed by atoms with Crippen molar-refractivity contribution in [1.29, 1.82) is 0 Å². The number of benzene rings is 2. The van der Waals surface area contributed by atoms with Crippen molar-refractivity contribution < 1.29 is 18.7 Å². The van der Waals surface area contributed by atoms with E-state index in [2.05, 4.69) is 0 Å². The summed E-state index contributed by atoms with van der Waals surface area (Å²) in [6.45, 7) is 0. The molecule has 2 aromatic carbocycles. The molecule has 0 fully saturated rings. The molecule has 0 spiro atoms. The highest BCUT2D eigenvalue weighted by Crippen LogP contribution is 2.27. The highest BCUT2D eigenvalue weighted by molar-refractivity contribution is 6.33. The third-order valence-corrected chi connectivity index (χ3v) is 2.74. The van der Waals surface area contributed by atoms with E-state index in [1.807, 2.05) is 0 Å². The van der Waals surface area contributed by atoms with Gasteiger partial charge in [-0.1, -0.05) is 23.7 Å². The number of aromatic carboxylic acids is 1. The Labute approximate surface area is 106 Å². The van der Waals surface area contributed by atoms with Crippen molar-refractivity contribution in [2.75, 3.05) is 0 Å². The average Bonchev–Trinajstić information content (AvgIpc) is 2.28. The van der Waals surface area contributed by atoms with E-state index in [1.165, 1.54) is 24.3 Å². The molecule has 2 rings (SSSR count). The van der Waals surface area contributed by atoms with E-state index in [4.69, 9.17) is 11.6 Å². The van der Waals surface area contributed by atoms with Crippen molar-refractivity contribution in [2.45, 2.75) is 0 Å². The van der Waals surface area contributed by atoms with Gasteiger partial charge in [-0.15, -0.1) is 0 Å². The molecule has 0 aliphatic heterocycles. The summed E-state index contributed by atoms with van der Waals surface area (Å²) in [5, 5.41) is 10.6. The Balaban J connectivity index is 2.52. The molecule has 0 atom stereocenters. The second-order valence-electron chi connectivity index (χ2n) is 3.61. The molecule has 18 heavy (non-hydrogen) atoms. The summed E-state index contributed by atoms with van der Waals surface area (Å²) >= 11 is 5.74. The van der Waals surface area contributed by atoms with E-state index < -0.39 is 17.6 Å². The zero-order chi connectivity index (χ0) is 13.3. The predicted octanol–water partition coefficient (Wildman–Crippen LogP) is 2.65. The zero-order valence-electron chi connectivity index (χ0n) is 8.91. The fraction of sp³-hybridized carbons (Fsp3) is 0. The van der Waals surface area contributed by atoms with E-state index in [0.717, 1.165) is 12.1 Å². The van der Waals surface area contributed by atoms with Gasteiger partial charge in [0.1, 0.15) is 11.6 Å². The van der Waals surface area contributed by atoms with Gasteiger partial charge >= 0.3 is 0 Å². The molecule has 2 aromatic rings. The Morgan fingerprint density at radius 2 is 1.83 bits per heavy atom. The lowest BCUT2D eigenvalue weighted by molar-refractivity contribution is -0.255. The van der Waals surface area contributed by atoms with Crippen molar-refractivity contribution in [2.24, 2.45) is 0 Å². The van der Waals surface area contributed by atoms with Gasteiger partial charge in [0.15, 0.2) is 0 Å². The Kier molecular flexibility index (Phi) is 3.30. The van der Waals surface area contributed by atoms with E-state index >= 15 is 0 Å². The minimum absolute atomic E-state index is 0.0591. The molecule has 0 bridgehead atoms. The molecule has 92 valence electrons. The van der Waals surface area contributed by atoms with Crippen LogP contribution >= 0.6 is 11.6 Å². The molecule has 0 N–H and O–H groups in total. The highest BCUT2D eigenvalue weighted by atomic mass is 35.5. The van der Waals surface area contributed by atoms with E-state index in [1.54, 1.807) is 0 Å². The fourth-order valence-corrected chi connectivity index (χ4v) is 1.83. The summed E-state index contributed by atoms with van der Waals surface area (Å²) in [5.74, 6) is -2.84. The predicted molar refractivity (Wildman–Crippen MR) is 61.1 cm³/mol. The summed E-state index contributed by atoms with van der Waals surface area (Å²) < 4.78 is 26.3. The molecule has 5 heteroatoms. The first-order valence-corrected chi connectivity index (χ1v) is 5.33. The molecule has 0 saturated carbocycles. The van der Waals surface area contributed by atoms with E-state index in [9.17, 15) is 18.7 Å². The molecule has 0 aliphatic rings. The standard InChI is InChI=1S/C13H7ClF2O2/c14-11-5-7(1-3-10(11)13(17)18)9-4-2-8(15)6-12(9)16/h1-6H,(H,17,18)/p-1. The lowest BCUT2D eigenvalue weighted by Gasteiger charge is -2.08. The molecular formula is C13H6ClF2O2-. The van der Waals surface area contributed by atoms with Crippen LogP contribution in [0.1, 0.15) is 10.4 Å². The molecule has 0 unspecified atom stereocenters. The van der Waals surface area contributed by atoms with Gasteiger partial charge in [-0.3, -0.25) is 0 Å². The highest BCUT2D eigenvalue weighted by Gasteiger charge is 2.09. The zero-order valence-corrected chi connectivity index (χ0v) is 9.67. The number of carboxylic acids is 1. The van der Waals surface area contributed by atoms with Crippen LogP contribution in [0.15, 0.2) is 36.4 Å². The summed E-state index contributed by atoms with van der Waals surface area (Å²) in [6, 6.07) is 7.01. The third kappa shape index (κ3) is 2.33. The van der Waals surface area contributed by atoms with Crippen LogP contribution in [0, 0.1) is 11.6 Å². The minimum Gasteiger partial charge on any atom is -0.545 e. The van der Waals surface area contributed by atoms with Gasteiger partial charge in [0.05, 0.1) is 11.0 Å². The molecule has 0 amide bonds. The van der Waals surface area contributed by atoms with Crippen LogP contribution in [0.5, 0.6) is 0 Å². The normalized spacial score (nSPS) is 10.4. The minimum atomic E-state index is -1.41. The van der Waals surface area contributed by atoms with E-state index in [0.29, 0.717) is 5.56 Å². The van der Waals surface area contributed by atoms with Gasteiger partial charge in [0.2, 0.25) is 0 Å². The van der Waals surface area contributed by atoms with Crippen LogP contribution < -0.4 is 5.11 Å². The summed E-state index contributed by atoms with van der Waals surface area (Å²) in [6.07, 6.45) is 0. The summed E-state index contributed by atoms with van der Waals surface area (Å²) in [7, 11) is 0. The first kappa shape index (κ1) is 12.5. The molecule has 0 saturated heterocycles. The maximum absolute atomic E-state index is 13.5. The molecule has 0 aliphatic carbocycles. The number of rotatable bonds is 2. The molecule has 0 radical (unpaired) electrons. The van der Waals surface area contributed by atoms with Crippen molar-refractivity contribution in [3.8, 4) is 11.1 Å². The maximum atomic E-state index is 13.5.